The standard InChI is InChI=1S/C17H22ClN3O2/c1-12-14(13(2)20-19-12)11-17(22)21(3)9-6-10-23-16-8-5-4-7-15(16)18/h4-5,7-8H,6,9-11H2,1-3H3,(H,19,20). The number of halogens is 1. The van der Waals surface area contributed by atoms with Gasteiger partial charge in [-0.2, -0.15) is 5.10 Å². The molecule has 0 spiro atoms. The van der Waals surface area contributed by atoms with Crippen LogP contribution in [0, 0.1) is 13.8 Å². The summed E-state index contributed by atoms with van der Waals surface area (Å²) < 4.78 is 5.63. The van der Waals surface area contributed by atoms with Crippen LogP contribution in [0.2, 0.25) is 5.02 Å². The number of nitrogens with one attached hydrogen (secondary N) is 1. The molecule has 0 saturated heterocycles. The summed E-state index contributed by atoms with van der Waals surface area (Å²) in [5.41, 5.74) is 2.81. The van der Waals surface area contributed by atoms with E-state index in [9.17, 15) is 4.79 Å². The Kier molecular flexibility index (Phi) is 6.04. The van der Waals surface area contributed by atoms with Crippen molar-refractivity contribution >= 4 is 17.5 Å². The fourth-order valence-electron chi connectivity index (χ4n) is 2.29. The summed E-state index contributed by atoms with van der Waals surface area (Å²) in [6.07, 6.45) is 1.12. The molecule has 0 radical (unpaired) electrons. The van der Waals surface area contributed by atoms with Crippen LogP contribution in [-0.2, 0) is 11.2 Å². The number of benzene rings is 1. The zero-order valence-corrected chi connectivity index (χ0v) is 14.5. The van der Waals surface area contributed by atoms with E-state index in [1.807, 2.05) is 39.1 Å². The molecular weight excluding hydrogens is 314 g/mol. The SMILES string of the molecule is Cc1n[nH]c(C)c1CC(=O)N(C)CCCOc1ccccc1Cl. The van der Waals surface area contributed by atoms with Gasteiger partial charge in [0, 0.05) is 24.8 Å². The van der Waals surface area contributed by atoms with Crippen molar-refractivity contribution in [3.05, 3.63) is 46.2 Å². The number of carbonyl (C=O) groups is 1. The summed E-state index contributed by atoms with van der Waals surface area (Å²) in [4.78, 5) is 14.0. The molecule has 0 aliphatic heterocycles. The van der Waals surface area contributed by atoms with Crippen molar-refractivity contribution in [3.63, 3.8) is 0 Å². The molecule has 0 fully saturated rings. The van der Waals surface area contributed by atoms with Crippen LogP contribution in [0.25, 0.3) is 0 Å². The number of H-pyrrole nitrogens is 1. The van der Waals surface area contributed by atoms with E-state index in [2.05, 4.69) is 10.2 Å². The lowest BCUT2D eigenvalue weighted by Crippen LogP contribution is -2.30. The number of likely N-dealkylation sites (N-methyl/N-ethyl adjacent to an activating group) is 1. The van der Waals surface area contributed by atoms with Gasteiger partial charge < -0.3 is 9.64 Å². The first-order chi connectivity index (χ1) is 11.0. The maximum Gasteiger partial charge on any atom is 0.226 e. The Morgan fingerprint density at radius 3 is 2.74 bits per heavy atom. The Hall–Kier alpha value is -2.01. The quantitative estimate of drug-likeness (QED) is 0.791. The number of para-hydroxylation sites is 1. The van der Waals surface area contributed by atoms with Crippen LogP contribution in [0.5, 0.6) is 5.75 Å². The van der Waals surface area contributed by atoms with Crippen molar-refractivity contribution in [1.82, 2.24) is 15.1 Å². The van der Waals surface area contributed by atoms with E-state index in [1.165, 1.54) is 0 Å². The van der Waals surface area contributed by atoms with Crippen LogP contribution in [0.15, 0.2) is 24.3 Å². The molecule has 0 aliphatic carbocycles. The first-order valence-corrected chi connectivity index (χ1v) is 7.98. The molecule has 5 nitrogen and oxygen atoms in total. The Morgan fingerprint density at radius 1 is 1.35 bits per heavy atom. The summed E-state index contributed by atoms with van der Waals surface area (Å²) in [6.45, 7) is 4.99. The average molecular weight is 336 g/mol. The van der Waals surface area contributed by atoms with E-state index < -0.39 is 0 Å². The third kappa shape index (κ3) is 4.73. The molecule has 0 aliphatic rings. The van der Waals surface area contributed by atoms with Crippen LogP contribution in [0.1, 0.15) is 23.4 Å². The summed E-state index contributed by atoms with van der Waals surface area (Å²) in [6, 6.07) is 7.37. The third-order valence-corrected chi connectivity index (χ3v) is 4.08. The Morgan fingerprint density at radius 2 is 2.09 bits per heavy atom. The van der Waals surface area contributed by atoms with Crippen molar-refractivity contribution in [1.29, 1.82) is 0 Å². The number of aromatic nitrogens is 2. The molecule has 1 aromatic carbocycles. The number of amides is 1. The lowest BCUT2D eigenvalue weighted by atomic mass is 10.1. The van der Waals surface area contributed by atoms with Crippen LogP contribution in [0.4, 0.5) is 0 Å². The molecule has 2 rings (SSSR count). The molecule has 0 unspecified atom stereocenters. The van der Waals surface area contributed by atoms with Crippen LogP contribution < -0.4 is 4.74 Å². The molecule has 1 aromatic heterocycles. The highest BCUT2D eigenvalue weighted by Gasteiger charge is 2.14. The van der Waals surface area contributed by atoms with E-state index in [-0.39, 0.29) is 5.91 Å². The molecule has 1 amide bonds. The normalized spacial score (nSPS) is 10.6. The number of nitrogens with zero attached hydrogens (tertiary/aromatic N) is 2. The predicted octanol–water partition coefficient (Wildman–Crippen LogP) is 3.15. The van der Waals surface area contributed by atoms with Gasteiger partial charge in [-0.15, -0.1) is 0 Å². The molecule has 6 heteroatoms. The van der Waals surface area contributed by atoms with Gasteiger partial charge in [-0.05, 0) is 32.4 Å². The number of ether oxygens (including phenoxy) is 1. The number of carbonyl (C=O) groups excluding carboxylic acids is 1. The summed E-state index contributed by atoms with van der Waals surface area (Å²) in [5.74, 6) is 0.753. The maximum atomic E-state index is 12.3. The van der Waals surface area contributed by atoms with Crippen LogP contribution in [-0.4, -0.2) is 41.2 Å². The maximum absolute atomic E-state index is 12.3. The van der Waals surface area contributed by atoms with Gasteiger partial charge in [-0.3, -0.25) is 9.89 Å². The zero-order valence-electron chi connectivity index (χ0n) is 13.7. The number of aromatic amines is 1. The Labute approximate surface area is 141 Å². The van der Waals surface area contributed by atoms with Crippen molar-refractivity contribution in [2.45, 2.75) is 26.7 Å². The third-order valence-electron chi connectivity index (χ3n) is 3.77. The Balaban J connectivity index is 1.75. The second-order valence-corrected chi connectivity index (χ2v) is 5.94. The van der Waals surface area contributed by atoms with Crippen LogP contribution in [0.3, 0.4) is 0 Å². The van der Waals surface area contributed by atoms with E-state index in [0.717, 1.165) is 23.4 Å². The van der Waals surface area contributed by atoms with E-state index in [0.29, 0.717) is 30.3 Å². The van der Waals surface area contributed by atoms with Gasteiger partial charge in [0.25, 0.3) is 0 Å². The topological polar surface area (TPSA) is 58.2 Å². The predicted molar refractivity (Wildman–Crippen MR) is 91.0 cm³/mol. The zero-order chi connectivity index (χ0) is 16.8. The monoisotopic (exact) mass is 335 g/mol. The average Bonchev–Trinajstić information content (AvgIpc) is 2.84. The van der Waals surface area contributed by atoms with Crippen molar-refractivity contribution in [2.24, 2.45) is 0 Å². The van der Waals surface area contributed by atoms with Gasteiger partial charge in [0.05, 0.1) is 23.7 Å². The Bertz CT molecular complexity index is 650. The fraction of sp³-hybridized carbons (Fsp3) is 0.412. The molecule has 0 bridgehead atoms. The van der Waals surface area contributed by atoms with E-state index in [4.69, 9.17) is 16.3 Å². The number of hydrogen-bond acceptors (Lipinski definition) is 3. The van der Waals surface area contributed by atoms with E-state index in [1.54, 1.807) is 11.0 Å². The molecule has 23 heavy (non-hydrogen) atoms. The summed E-state index contributed by atoms with van der Waals surface area (Å²) in [5, 5.41) is 7.62. The first kappa shape index (κ1) is 17.3. The van der Waals surface area contributed by atoms with Gasteiger partial charge in [0.1, 0.15) is 5.75 Å². The number of hydrogen-bond donors (Lipinski definition) is 1. The van der Waals surface area contributed by atoms with Gasteiger partial charge in [0.15, 0.2) is 0 Å². The lowest BCUT2D eigenvalue weighted by molar-refractivity contribution is -0.129. The lowest BCUT2D eigenvalue weighted by Gasteiger charge is -2.17. The number of aryl methyl sites for hydroxylation is 2. The molecular formula is C17H22ClN3O2. The second kappa shape index (κ2) is 8.02. The van der Waals surface area contributed by atoms with Gasteiger partial charge in [-0.1, -0.05) is 23.7 Å². The first-order valence-electron chi connectivity index (χ1n) is 7.60. The molecule has 1 N–H and O–H groups in total. The summed E-state index contributed by atoms with van der Waals surface area (Å²) in [7, 11) is 1.81. The van der Waals surface area contributed by atoms with Gasteiger partial charge in [0.2, 0.25) is 5.91 Å². The van der Waals surface area contributed by atoms with Crippen LogP contribution >= 0.6 is 11.6 Å². The molecule has 124 valence electrons. The highest BCUT2D eigenvalue weighted by Crippen LogP contribution is 2.23. The minimum Gasteiger partial charge on any atom is -0.492 e. The highest BCUT2D eigenvalue weighted by atomic mass is 35.5. The largest absolute Gasteiger partial charge is 0.492 e. The van der Waals surface area contributed by atoms with Crippen molar-refractivity contribution in [2.75, 3.05) is 20.2 Å². The smallest absolute Gasteiger partial charge is 0.226 e. The van der Waals surface area contributed by atoms with Gasteiger partial charge >= 0.3 is 0 Å². The molecule has 0 atom stereocenters. The summed E-state index contributed by atoms with van der Waals surface area (Å²) >= 11 is 6.03. The fourth-order valence-corrected chi connectivity index (χ4v) is 2.48. The second-order valence-electron chi connectivity index (χ2n) is 5.54. The van der Waals surface area contributed by atoms with E-state index >= 15 is 0 Å². The van der Waals surface area contributed by atoms with Gasteiger partial charge in [-0.25, -0.2) is 0 Å². The minimum atomic E-state index is 0.0790. The minimum absolute atomic E-state index is 0.0790. The number of rotatable bonds is 7. The molecule has 1 heterocycles. The molecule has 2 aromatic rings. The molecule has 0 saturated carbocycles. The highest BCUT2D eigenvalue weighted by molar-refractivity contribution is 6.32. The van der Waals surface area contributed by atoms with Crippen molar-refractivity contribution in [3.8, 4) is 5.75 Å². The van der Waals surface area contributed by atoms with Crippen molar-refractivity contribution < 1.29 is 9.53 Å².